The van der Waals surface area contributed by atoms with Crippen LogP contribution < -0.4 is 9.46 Å². The molecular formula is C23H30FN3O2S. The Hall–Kier alpha value is -1.83. The SMILES string of the molecule is COc1nc2c(cc1NSc1ccc(C3CC(OCCF)C3)cc1)CCN(C)CC2. The molecule has 162 valence electrons. The van der Waals surface area contributed by atoms with Crippen LogP contribution in [0.2, 0.25) is 0 Å². The highest BCUT2D eigenvalue weighted by Gasteiger charge is 2.30. The van der Waals surface area contributed by atoms with Crippen molar-refractivity contribution in [3.63, 3.8) is 0 Å². The summed E-state index contributed by atoms with van der Waals surface area (Å²) >= 11 is 1.57. The van der Waals surface area contributed by atoms with Crippen molar-refractivity contribution in [1.29, 1.82) is 0 Å². The lowest BCUT2D eigenvalue weighted by Crippen LogP contribution is -2.30. The third-order valence-electron chi connectivity index (χ3n) is 6.00. The first kappa shape index (κ1) is 21.4. The first-order chi connectivity index (χ1) is 14.7. The number of rotatable bonds is 8. The van der Waals surface area contributed by atoms with Crippen molar-refractivity contribution in [1.82, 2.24) is 9.88 Å². The van der Waals surface area contributed by atoms with Gasteiger partial charge in [0, 0.05) is 30.1 Å². The molecule has 0 spiro atoms. The van der Waals surface area contributed by atoms with Crippen LogP contribution in [0.25, 0.3) is 0 Å². The summed E-state index contributed by atoms with van der Waals surface area (Å²) in [4.78, 5) is 8.24. The molecule has 4 rings (SSSR count). The number of aromatic nitrogens is 1. The summed E-state index contributed by atoms with van der Waals surface area (Å²) in [5.74, 6) is 1.17. The zero-order valence-electron chi connectivity index (χ0n) is 17.7. The molecule has 5 nitrogen and oxygen atoms in total. The standard InChI is InChI=1S/C23H30FN3O2S/c1-27-10-7-17-15-22(23(28-2)25-21(17)8-11-27)26-30-20-5-3-16(4-6-20)18-13-19(14-18)29-12-9-24/h3-6,15,18-19,26H,7-14H2,1-2H3. The fourth-order valence-electron chi connectivity index (χ4n) is 4.06. The van der Waals surface area contributed by atoms with E-state index in [2.05, 4.69) is 47.0 Å². The maximum Gasteiger partial charge on any atom is 0.238 e. The number of nitrogens with one attached hydrogen (secondary N) is 1. The molecule has 2 aromatic rings. The monoisotopic (exact) mass is 431 g/mol. The Morgan fingerprint density at radius 2 is 1.97 bits per heavy atom. The molecule has 2 heterocycles. The number of halogens is 1. The van der Waals surface area contributed by atoms with Gasteiger partial charge in [0.15, 0.2) is 0 Å². The van der Waals surface area contributed by atoms with Gasteiger partial charge in [-0.15, -0.1) is 0 Å². The number of pyridine rings is 1. The molecule has 1 aliphatic heterocycles. The average Bonchev–Trinajstić information content (AvgIpc) is 2.92. The lowest BCUT2D eigenvalue weighted by molar-refractivity contribution is -0.0153. The summed E-state index contributed by atoms with van der Waals surface area (Å²) in [6, 6.07) is 10.8. The average molecular weight is 432 g/mol. The maximum atomic E-state index is 12.2. The topological polar surface area (TPSA) is 46.6 Å². The fraction of sp³-hybridized carbons (Fsp3) is 0.522. The van der Waals surface area contributed by atoms with E-state index in [1.165, 1.54) is 11.1 Å². The summed E-state index contributed by atoms with van der Waals surface area (Å²) in [5.41, 5.74) is 4.69. The van der Waals surface area contributed by atoms with Gasteiger partial charge in [0.05, 0.1) is 19.8 Å². The van der Waals surface area contributed by atoms with Crippen LogP contribution >= 0.6 is 11.9 Å². The predicted molar refractivity (Wildman–Crippen MR) is 119 cm³/mol. The number of benzene rings is 1. The molecule has 7 heteroatoms. The number of hydrogen-bond donors (Lipinski definition) is 1. The first-order valence-electron chi connectivity index (χ1n) is 10.6. The lowest BCUT2D eigenvalue weighted by Gasteiger charge is -2.35. The molecule has 1 aliphatic carbocycles. The molecule has 2 aliphatic rings. The van der Waals surface area contributed by atoms with Gasteiger partial charge in [0.1, 0.15) is 12.4 Å². The second-order valence-electron chi connectivity index (χ2n) is 8.08. The zero-order chi connectivity index (χ0) is 20.9. The molecule has 0 amide bonds. The van der Waals surface area contributed by atoms with Crippen LogP contribution in [0.5, 0.6) is 5.88 Å². The van der Waals surface area contributed by atoms with Gasteiger partial charge in [0.2, 0.25) is 5.88 Å². The number of methoxy groups -OCH3 is 1. The van der Waals surface area contributed by atoms with Crippen LogP contribution in [0.3, 0.4) is 0 Å². The molecule has 30 heavy (non-hydrogen) atoms. The minimum Gasteiger partial charge on any atom is -0.479 e. The van der Waals surface area contributed by atoms with E-state index in [0.29, 0.717) is 11.8 Å². The third-order valence-corrected chi connectivity index (χ3v) is 6.83. The van der Waals surface area contributed by atoms with Crippen LogP contribution in [0.15, 0.2) is 35.2 Å². The number of alkyl halides is 1. The lowest BCUT2D eigenvalue weighted by atomic mass is 9.77. The zero-order valence-corrected chi connectivity index (χ0v) is 18.5. The number of anilines is 1. The molecule has 0 saturated heterocycles. The van der Waals surface area contributed by atoms with E-state index in [4.69, 9.17) is 14.5 Å². The highest BCUT2D eigenvalue weighted by molar-refractivity contribution is 8.00. The summed E-state index contributed by atoms with van der Waals surface area (Å²) in [7, 11) is 3.83. The van der Waals surface area contributed by atoms with Gasteiger partial charge in [0.25, 0.3) is 0 Å². The van der Waals surface area contributed by atoms with Crippen LogP contribution in [0.4, 0.5) is 10.1 Å². The number of ether oxygens (including phenoxy) is 2. The van der Waals surface area contributed by atoms with E-state index in [9.17, 15) is 4.39 Å². The second-order valence-corrected chi connectivity index (χ2v) is 8.96. The fourth-order valence-corrected chi connectivity index (χ4v) is 4.71. The summed E-state index contributed by atoms with van der Waals surface area (Å²) < 4.78 is 26.6. The van der Waals surface area contributed by atoms with Crippen molar-refractivity contribution in [3.8, 4) is 5.88 Å². The Labute approximate surface area is 182 Å². The normalized spacial score (nSPS) is 21.4. The van der Waals surface area contributed by atoms with E-state index in [1.54, 1.807) is 19.1 Å². The van der Waals surface area contributed by atoms with Crippen molar-refractivity contribution < 1.29 is 13.9 Å². The van der Waals surface area contributed by atoms with Crippen molar-refractivity contribution in [2.45, 2.75) is 42.6 Å². The van der Waals surface area contributed by atoms with Gasteiger partial charge in [-0.25, -0.2) is 9.37 Å². The summed E-state index contributed by atoms with van der Waals surface area (Å²) in [6.07, 6.45) is 4.15. The minimum absolute atomic E-state index is 0.217. The van der Waals surface area contributed by atoms with Crippen LogP contribution in [0.1, 0.15) is 35.6 Å². The van der Waals surface area contributed by atoms with Crippen molar-refractivity contribution in [2.24, 2.45) is 0 Å². The Morgan fingerprint density at radius 1 is 1.20 bits per heavy atom. The Balaban J connectivity index is 1.36. The van der Waals surface area contributed by atoms with Crippen LogP contribution in [0, 0.1) is 0 Å². The van der Waals surface area contributed by atoms with Gasteiger partial charge in [-0.05, 0) is 73.5 Å². The van der Waals surface area contributed by atoms with E-state index in [1.807, 2.05) is 0 Å². The molecule has 0 radical (unpaired) electrons. The van der Waals surface area contributed by atoms with E-state index < -0.39 is 6.67 Å². The number of fused-ring (bicyclic) bond motifs is 1. The molecule has 1 N–H and O–H groups in total. The highest BCUT2D eigenvalue weighted by Crippen LogP contribution is 2.39. The van der Waals surface area contributed by atoms with Gasteiger partial charge in [-0.2, -0.15) is 0 Å². The molecule has 0 atom stereocenters. The smallest absolute Gasteiger partial charge is 0.238 e. The predicted octanol–water partition coefficient (Wildman–Crippen LogP) is 4.47. The van der Waals surface area contributed by atoms with Crippen molar-refractivity contribution in [2.75, 3.05) is 45.3 Å². The highest BCUT2D eigenvalue weighted by atomic mass is 32.2. The van der Waals surface area contributed by atoms with Crippen LogP contribution in [-0.2, 0) is 17.6 Å². The van der Waals surface area contributed by atoms with E-state index in [0.717, 1.165) is 55.0 Å². The maximum absolute atomic E-state index is 12.2. The summed E-state index contributed by atoms with van der Waals surface area (Å²) in [6.45, 7) is 1.90. The first-order valence-corrected chi connectivity index (χ1v) is 11.4. The third kappa shape index (κ3) is 5.07. The van der Waals surface area contributed by atoms with Crippen molar-refractivity contribution in [3.05, 3.63) is 47.2 Å². The van der Waals surface area contributed by atoms with Crippen LogP contribution in [-0.4, -0.2) is 56.5 Å². The van der Waals surface area contributed by atoms with Gasteiger partial charge in [-0.3, -0.25) is 0 Å². The Kier molecular flexibility index (Phi) is 7.12. The number of nitrogens with zero attached hydrogens (tertiary/aromatic N) is 2. The molecule has 1 fully saturated rings. The Morgan fingerprint density at radius 3 is 2.70 bits per heavy atom. The molecule has 1 aromatic carbocycles. The molecule has 0 unspecified atom stereocenters. The van der Waals surface area contributed by atoms with Gasteiger partial charge in [-0.1, -0.05) is 12.1 Å². The van der Waals surface area contributed by atoms with E-state index in [-0.39, 0.29) is 12.7 Å². The quantitative estimate of drug-likeness (QED) is 0.622. The number of hydrogen-bond acceptors (Lipinski definition) is 6. The Bertz CT molecular complexity index is 843. The second kappa shape index (κ2) is 9.98. The van der Waals surface area contributed by atoms with Crippen molar-refractivity contribution >= 4 is 17.6 Å². The molecule has 0 bridgehead atoms. The molecular weight excluding hydrogens is 401 g/mol. The largest absolute Gasteiger partial charge is 0.479 e. The van der Waals surface area contributed by atoms with E-state index >= 15 is 0 Å². The van der Waals surface area contributed by atoms with Gasteiger partial charge >= 0.3 is 0 Å². The molecule has 1 aromatic heterocycles. The minimum atomic E-state index is -0.401. The van der Waals surface area contributed by atoms with Gasteiger partial charge < -0.3 is 19.1 Å². The summed E-state index contributed by atoms with van der Waals surface area (Å²) in [5, 5.41) is 0. The molecule has 1 saturated carbocycles. The number of likely N-dealkylation sites (N-methyl/N-ethyl adjacent to an activating group) is 1.